The maximum Gasteiger partial charge on any atom is 0.338 e. The summed E-state index contributed by atoms with van der Waals surface area (Å²) in [5, 5.41) is 2.83. The van der Waals surface area contributed by atoms with Crippen molar-refractivity contribution in [2.75, 3.05) is 19.8 Å². The first-order valence-corrected chi connectivity index (χ1v) is 9.63. The lowest BCUT2D eigenvalue weighted by Gasteiger charge is -2.21. The van der Waals surface area contributed by atoms with Crippen LogP contribution in [-0.4, -0.2) is 42.7 Å². The minimum absolute atomic E-state index is 0.00449. The highest BCUT2D eigenvalue weighted by molar-refractivity contribution is 5.97. The molecular weight excluding hydrogens is 372 g/mol. The molecule has 0 unspecified atom stereocenters. The Bertz CT molecular complexity index is 906. The van der Waals surface area contributed by atoms with Crippen LogP contribution in [0.25, 0.3) is 6.08 Å². The first-order chi connectivity index (χ1) is 14.2. The van der Waals surface area contributed by atoms with Gasteiger partial charge in [0.25, 0.3) is 5.91 Å². The summed E-state index contributed by atoms with van der Waals surface area (Å²) in [5.74, 6) is -0.289. The number of pyridine rings is 1. The van der Waals surface area contributed by atoms with Crippen molar-refractivity contribution in [2.45, 2.75) is 25.0 Å². The largest absolute Gasteiger partial charge is 0.488 e. The van der Waals surface area contributed by atoms with Crippen molar-refractivity contribution in [1.29, 1.82) is 0 Å². The highest BCUT2D eigenvalue weighted by Crippen LogP contribution is 2.27. The summed E-state index contributed by atoms with van der Waals surface area (Å²) in [6.45, 7) is 1.18. The molecule has 0 spiro atoms. The van der Waals surface area contributed by atoms with E-state index in [1.807, 2.05) is 24.3 Å². The Morgan fingerprint density at radius 2 is 2.14 bits per heavy atom. The number of aromatic nitrogens is 1. The molecule has 150 valence electrons. The number of rotatable bonds is 6. The van der Waals surface area contributed by atoms with Crippen LogP contribution in [0.5, 0.6) is 5.75 Å². The molecule has 4 rings (SSSR count). The van der Waals surface area contributed by atoms with Crippen molar-refractivity contribution >= 4 is 18.0 Å². The fourth-order valence-corrected chi connectivity index (χ4v) is 3.33. The maximum atomic E-state index is 12.8. The van der Waals surface area contributed by atoms with Gasteiger partial charge in [-0.25, -0.2) is 4.79 Å². The topological polar surface area (TPSA) is 86.8 Å². The Morgan fingerprint density at radius 1 is 1.24 bits per heavy atom. The number of carbonyl (C=O) groups is 2. The molecule has 7 heteroatoms. The normalized spacial score (nSPS) is 18.8. The van der Waals surface area contributed by atoms with Crippen LogP contribution in [-0.2, 0) is 19.1 Å². The van der Waals surface area contributed by atoms with Crippen molar-refractivity contribution < 1.29 is 23.8 Å². The highest BCUT2D eigenvalue weighted by atomic mass is 16.6. The van der Waals surface area contributed by atoms with Gasteiger partial charge in [0, 0.05) is 36.7 Å². The molecule has 0 radical (unpaired) electrons. The van der Waals surface area contributed by atoms with Crippen molar-refractivity contribution in [3.05, 3.63) is 65.5 Å². The predicted molar refractivity (Wildman–Crippen MR) is 105 cm³/mol. The molecule has 29 heavy (non-hydrogen) atoms. The molecule has 2 aliphatic rings. The number of benzene rings is 1. The van der Waals surface area contributed by atoms with E-state index in [1.165, 1.54) is 6.20 Å². The van der Waals surface area contributed by atoms with E-state index in [-0.39, 0.29) is 12.7 Å². The zero-order valence-corrected chi connectivity index (χ0v) is 15.9. The van der Waals surface area contributed by atoms with Gasteiger partial charge in [0.05, 0.1) is 11.7 Å². The van der Waals surface area contributed by atoms with Gasteiger partial charge in [-0.05, 0) is 31.1 Å². The highest BCUT2D eigenvalue weighted by Gasteiger charge is 2.29. The van der Waals surface area contributed by atoms with Crippen LogP contribution in [0.15, 0.2) is 54.4 Å². The van der Waals surface area contributed by atoms with Gasteiger partial charge in [0.2, 0.25) is 6.10 Å². The molecule has 0 bridgehead atoms. The Balaban J connectivity index is 1.48. The molecule has 1 N–H and O–H groups in total. The van der Waals surface area contributed by atoms with E-state index in [0.29, 0.717) is 30.0 Å². The summed E-state index contributed by atoms with van der Waals surface area (Å²) < 4.78 is 16.7. The Labute approximate surface area is 168 Å². The summed E-state index contributed by atoms with van der Waals surface area (Å²) in [7, 11) is 0. The fraction of sp³-hybridized carbons (Fsp3) is 0.318. The third-order valence-corrected chi connectivity index (χ3v) is 4.87. The molecule has 7 nitrogen and oxygen atoms in total. The first kappa shape index (κ1) is 19.1. The van der Waals surface area contributed by atoms with Gasteiger partial charge in [0.1, 0.15) is 12.4 Å². The maximum absolute atomic E-state index is 12.8. The standard InChI is InChI=1S/C22H22N2O5/c25-21(24-13-18-7-4-10-27-18)20(16-6-3-9-23-12-16)29-22(26)17-11-15-5-1-2-8-19(15)28-14-17/h1-3,5-6,8-9,11-12,18,20H,4,7,10,13-14H2,(H,24,25)/t18-,20+/m0/s1. The van der Waals surface area contributed by atoms with Crippen molar-refractivity contribution in [3.63, 3.8) is 0 Å². The molecule has 2 aromatic rings. The van der Waals surface area contributed by atoms with Crippen molar-refractivity contribution in [3.8, 4) is 5.75 Å². The number of para-hydroxylation sites is 1. The monoisotopic (exact) mass is 394 g/mol. The number of ether oxygens (including phenoxy) is 3. The average molecular weight is 394 g/mol. The molecule has 1 amide bonds. The third-order valence-electron chi connectivity index (χ3n) is 4.87. The van der Waals surface area contributed by atoms with Crippen molar-refractivity contribution in [2.24, 2.45) is 0 Å². The molecule has 0 aliphatic carbocycles. The summed E-state index contributed by atoms with van der Waals surface area (Å²) in [6.07, 6.45) is 5.63. The van der Waals surface area contributed by atoms with Gasteiger partial charge >= 0.3 is 5.97 Å². The lowest BCUT2D eigenvalue weighted by Crippen LogP contribution is -2.37. The first-order valence-electron chi connectivity index (χ1n) is 9.63. The SMILES string of the molecule is O=C(O[C@@H](C(=O)NC[C@@H]1CCCO1)c1cccnc1)C1=Cc2ccccc2OC1. The number of amides is 1. The van der Waals surface area contributed by atoms with Crippen LogP contribution in [0, 0.1) is 0 Å². The molecular formula is C22H22N2O5. The molecule has 3 heterocycles. The quantitative estimate of drug-likeness (QED) is 0.758. The number of fused-ring (bicyclic) bond motifs is 1. The van der Waals surface area contributed by atoms with Gasteiger partial charge in [-0.2, -0.15) is 0 Å². The summed E-state index contributed by atoms with van der Waals surface area (Å²) in [6, 6.07) is 10.8. The smallest absolute Gasteiger partial charge is 0.338 e. The Hall–Kier alpha value is -3.19. The molecule has 1 aromatic carbocycles. The van der Waals surface area contributed by atoms with Crippen LogP contribution in [0.1, 0.15) is 30.1 Å². The van der Waals surface area contributed by atoms with Crippen LogP contribution in [0.3, 0.4) is 0 Å². The zero-order chi connectivity index (χ0) is 20.1. The Kier molecular flexibility index (Phi) is 5.86. The second-order valence-corrected chi connectivity index (χ2v) is 6.95. The predicted octanol–water partition coefficient (Wildman–Crippen LogP) is 2.44. The van der Waals surface area contributed by atoms with E-state index < -0.39 is 18.0 Å². The molecule has 1 fully saturated rings. The second kappa shape index (κ2) is 8.87. The second-order valence-electron chi connectivity index (χ2n) is 6.95. The van der Waals surface area contributed by atoms with Crippen LogP contribution >= 0.6 is 0 Å². The molecule has 0 saturated carbocycles. The molecule has 2 atom stereocenters. The van der Waals surface area contributed by atoms with E-state index in [0.717, 1.165) is 18.4 Å². The van der Waals surface area contributed by atoms with E-state index >= 15 is 0 Å². The van der Waals surface area contributed by atoms with Crippen LogP contribution in [0.2, 0.25) is 0 Å². The van der Waals surface area contributed by atoms with Crippen LogP contribution < -0.4 is 10.1 Å². The number of carbonyl (C=O) groups excluding carboxylic acids is 2. The Morgan fingerprint density at radius 3 is 2.93 bits per heavy atom. The number of hydrogen-bond donors (Lipinski definition) is 1. The lowest BCUT2D eigenvalue weighted by molar-refractivity contribution is -0.153. The van der Waals surface area contributed by atoms with Gasteiger partial charge in [-0.1, -0.05) is 24.3 Å². The van der Waals surface area contributed by atoms with E-state index in [9.17, 15) is 9.59 Å². The molecule has 2 aliphatic heterocycles. The van der Waals surface area contributed by atoms with E-state index in [1.54, 1.807) is 24.4 Å². The summed E-state index contributed by atoms with van der Waals surface area (Å²) in [5.41, 5.74) is 1.65. The lowest BCUT2D eigenvalue weighted by atomic mass is 10.1. The molecule has 1 saturated heterocycles. The molecule has 1 aromatic heterocycles. The summed E-state index contributed by atoms with van der Waals surface area (Å²) >= 11 is 0. The van der Waals surface area contributed by atoms with Gasteiger partial charge in [-0.15, -0.1) is 0 Å². The van der Waals surface area contributed by atoms with Crippen LogP contribution in [0.4, 0.5) is 0 Å². The number of esters is 1. The van der Waals surface area contributed by atoms with Gasteiger partial charge in [-0.3, -0.25) is 9.78 Å². The van der Waals surface area contributed by atoms with E-state index in [4.69, 9.17) is 14.2 Å². The zero-order valence-electron chi connectivity index (χ0n) is 15.9. The summed E-state index contributed by atoms with van der Waals surface area (Å²) in [4.78, 5) is 29.6. The van der Waals surface area contributed by atoms with E-state index in [2.05, 4.69) is 10.3 Å². The number of nitrogens with zero attached hydrogens (tertiary/aromatic N) is 1. The van der Waals surface area contributed by atoms with Crippen molar-refractivity contribution in [1.82, 2.24) is 10.3 Å². The third kappa shape index (κ3) is 4.63. The average Bonchev–Trinajstić information content (AvgIpc) is 3.29. The van der Waals surface area contributed by atoms with Gasteiger partial charge < -0.3 is 19.5 Å². The van der Waals surface area contributed by atoms with Gasteiger partial charge in [0.15, 0.2) is 0 Å². The number of hydrogen-bond acceptors (Lipinski definition) is 6. The minimum Gasteiger partial charge on any atom is -0.488 e. The fourth-order valence-electron chi connectivity index (χ4n) is 3.33. The minimum atomic E-state index is -1.10. The number of nitrogens with one attached hydrogen (secondary N) is 1.